The van der Waals surface area contributed by atoms with Crippen LogP contribution in [0.5, 0.6) is 0 Å². The minimum Gasteiger partial charge on any atom is -0.310 e. The van der Waals surface area contributed by atoms with Crippen molar-refractivity contribution in [2.45, 2.75) is 25.8 Å². The van der Waals surface area contributed by atoms with Crippen LogP contribution in [0.4, 0.5) is 0 Å². The maximum absolute atomic E-state index is 3.59. The van der Waals surface area contributed by atoms with Crippen LogP contribution in [-0.2, 0) is 0 Å². The Morgan fingerprint density at radius 1 is 1.31 bits per heavy atom. The van der Waals surface area contributed by atoms with Crippen molar-refractivity contribution in [2.75, 3.05) is 18.6 Å². The average molecular weight is 302 g/mol. The summed E-state index contributed by atoms with van der Waals surface area (Å²) in [7, 11) is 0. The van der Waals surface area contributed by atoms with Crippen LogP contribution in [0.25, 0.3) is 0 Å². The third kappa shape index (κ3) is 4.89. The summed E-state index contributed by atoms with van der Waals surface area (Å²) < 4.78 is 1.19. The molecule has 0 aromatic heterocycles. The fourth-order valence-electron chi connectivity index (χ4n) is 1.63. The van der Waals surface area contributed by atoms with Crippen molar-refractivity contribution < 1.29 is 0 Å². The molecule has 1 rings (SSSR count). The predicted octanol–water partition coefficient (Wildman–Crippen LogP) is 4.24. The van der Waals surface area contributed by atoms with Gasteiger partial charge >= 0.3 is 0 Å². The molecule has 1 atom stereocenters. The molecule has 1 aromatic carbocycles. The van der Waals surface area contributed by atoms with E-state index in [1.54, 1.807) is 0 Å². The van der Waals surface area contributed by atoms with Gasteiger partial charge in [-0.05, 0) is 49.9 Å². The lowest BCUT2D eigenvalue weighted by Gasteiger charge is -2.15. The van der Waals surface area contributed by atoms with Gasteiger partial charge in [0.2, 0.25) is 0 Å². The normalized spacial score (nSPS) is 12.7. The van der Waals surface area contributed by atoms with Gasteiger partial charge in [0.25, 0.3) is 0 Å². The van der Waals surface area contributed by atoms with Gasteiger partial charge in [0.1, 0.15) is 0 Å². The highest BCUT2D eigenvalue weighted by Crippen LogP contribution is 2.22. The first-order valence-electron chi connectivity index (χ1n) is 5.72. The maximum Gasteiger partial charge on any atom is 0.0302 e. The molecule has 0 aliphatic rings. The molecule has 0 aliphatic heterocycles. The van der Waals surface area contributed by atoms with E-state index in [-0.39, 0.29) is 0 Å². The number of hydrogen-bond acceptors (Lipinski definition) is 2. The summed E-state index contributed by atoms with van der Waals surface area (Å²) in [5.74, 6) is 1.27. The van der Waals surface area contributed by atoms with Crippen LogP contribution in [0.15, 0.2) is 28.7 Å². The Balaban J connectivity index is 2.30. The Labute approximate surface area is 112 Å². The third-order valence-electron chi connectivity index (χ3n) is 2.60. The minimum atomic E-state index is 0.421. The highest BCUT2D eigenvalue weighted by molar-refractivity contribution is 9.10. The van der Waals surface area contributed by atoms with Crippen molar-refractivity contribution in [1.82, 2.24) is 5.32 Å². The number of halogens is 1. The molecular weight excluding hydrogens is 282 g/mol. The largest absolute Gasteiger partial charge is 0.310 e. The zero-order valence-corrected chi connectivity index (χ0v) is 12.4. The predicted molar refractivity (Wildman–Crippen MR) is 78.2 cm³/mol. The van der Waals surface area contributed by atoms with Gasteiger partial charge in [-0.1, -0.05) is 34.1 Å². The number of rotatable bonds is 7. The molecule has 0 bridgehead atoms. The molecule has 0 saturated carbocycles. The summed E-state index contributed by atoms with van der Waals surface area (Å²) in [6.45, 7) is 3.32. The van der Waals surface area contributed by atoms with Crippen molar-refractivity contribution in [3.8, 4) is 0 Å². The zero-order valence-electron chi connectivity index (χ0n) is 10.0. The fourth-order valence-corrected chi connectivity index (χ4v) is 2.75. The van der Waals surface area contributed by atoms with Gasteiger partial charge in [-0.3, -0.25) is 0 Å². The van der Waals surface area contributed by atoms with Crippen LogP contribution in [-0.4, -0.2) is 18.6 Å². The second-order valence-electron chi connectivity index (χ2n) is 3.90. The van der Waals surface area contributed by atoms with E-state index in [0.717, 1.165) is 6.54 Å². The van der Waals surface area contributed by atoms with Crippen molar-refractivity contribution >= 4 is 27.7 Å². The quantitative estimate of drug-likeness (QED) is 0.756. The molecule has 0 fully saturated rings. The Hall–Kier alpha value is 0.01000. The fraction of sp³-hybridized carbons (Fsp3) is 0.538. The summed E-state index contributed by atoms with van der Waals surface area (Å²) >= 11 is 5.51. The first-order valence-corrected chi connectivity index (χ1v) is 7.91. The molecule has 0 radical (unpaired) electrons. The molecule has 0 spiro atoms. The smallest absolute Gasteiger partial charge is 0.0302 e. The first-order chi connectivity index (χ1) is 7.75. The van der Waals surface area contributed by atoms with Crippen molar-refractivity contribution in [1.29, 1.82) is 0 Å². The van der Waals surface area contributed by atoms with E-state index >= 15 is 0 Å². The van der Waals surface area contributed by atoms with Gasteiger partial charge in [-0.15, -0.1) is 0 Å². The summed E-state index contributed by atoms with van der Waals surface area (Å²) in [5, 5.41) is 3.56. The molecule has 0 amide bonds. The Kier molecular flexibility index (Phi) is 7.17. The van der Waals surface area contributed by atoms with E-state index in [9.17, 15) is 0 Å². The maximum atomic E-state index is 3.59. The highest BCUT2D eigenvalue weighted by Gasteiger charge is 2.06. The van der Waals surface area contributed by atoms with Crippen LogP contribution in [0, 0.1) is 0 Å². The molecular formula is C13H20BrNS. The van der Waals surface area contributed by atoms with Crippen molar-refractivity contribution in [3.63, 3.8) is 0 Å². The van der Waals surface area contributed by atoms with Crippen LogP contribution in [0.3, 0.4) is 0 Å². The minimum absolute atomic E-state index is 0.421. The van der Waals surface area contributed by atoms with Crippen molar-refractivity contribution in [3.05, 3.63) is 34.3 Å². The lowest BCUT2D eigenvalue weighted by Crippen LogP contribution is -2.20. The Bertz CT molecular complexity index is 304. The molecule has 3 heteroatoms. The van der Waals surface area contributed by atoms with Crippen LogP contribution in [0.2, 0.25) is 0 Å². The van der Waals surface area contributed by atoms with E-state index in [2.05, 4.69) is 58.7 Å². The molecule has 90 valence electrons. The second kappa shape index (κ2) is 8.15. The van der Waals surface area contributed by atoms with Gasteiger partial charge < -0.3 is 5.32 Å². The molecule has 0 saturated heterocycles. The summed E-state index contributed by atoms with van der Waals surface area (Å²) in [6.07, 6.45) is 4.73. The summed E-state index contributed by atoms with van der Waals surface area (Å²) in [5.41, 5.74) is 1.34. The number of benzene rings is 1. The van der Waals surface area contributed by atoms with E-state index < -0.39 is 0 Å². The number of nitrogens with one attached hydrogen (secondary N) is 1. The van der Waals surface area contributed by atoms with Gasteiger partial charge in [-0.2, -0.15) is 11.8 Å². The van der Waals surface area contributed by atoms with Crippen molar-refractivity contribution in [2.24, 2.45) is 0 Å². The number of thioether (sulfide) groups is 1. The third-order valence-corrected chi connectivity index (χ3v) is 4.02. The lowest BCUT2D eigenvalue weighted by molar-refractivity contribution is 0.554. The standard InChI is InChI=1S/C13H20BrNS/c1-11(15-9-5-6-10-16-2)12-7-3-4-8-13(12)14/h3-4,7-8,11,15H,5-6,9-10H2,1-2H3/t11-/m1/s1. The van der Waals surface area contributed by atoms with Gasteiger partial charge in [0.05, 0.1) is 0 Å². The van der Waals surface area contributed by atoms with Crippen LogP contribution in [0.1, 0.15) is 31.4 Å². The molecule has 0 unspecified atom stereocenters. The van der Waals surface area contributed by atoms with Crippen LogP contribution < -0.4 is 5.32 Å². The number of hydrogen-bond donors (Lipinski definition) is 1. The van der Waals surface area contributed by atoms with E-state index in [4.69, 9.17) is 0 Å². The second-order valence-corrected chi connectivity index (χ2v) is 5.74. The monoisotopic (exact) mass is 301 g/mol. The zero-order chi connectivity index (χ0) is 11.8. The van der Waals surface area contributed by atoms with Gasteiger partial charge in [-0.25, -0.2) is 0 Å². The first kappa shape index (κ1) is 14.1. The van der Waals surface area contributed by atoms with Gasteiger partial charge in [0.15, 0.2) is 0 Å². The van der Waals surface area contributed by atoms with E-state index in [1.807, 2.05) is 11.8 Å². The van der Waals surface area contributed by atoms with E-state index in [1.165, 1.54) is 28.6 Å². The molecule has 0 aliphatic carbocycles. The lowest BCUT2D eigenvalue weighted by atomic mass is 10.1. The highest BCUT2D eigenvalue weighted by atomic mass is 79.9. The SMILES string of the molecule is CSCCCCN[C@H](C)c1ccccc1Br. The molecule has 1 aromatic rings. The molecule has 0 heterocycles. The Morgan fingerprint density at radius 3 is 2.75 bits per heavy atom. The summed E-state index contributed by atoms with van der Waals surface area (Å²) in [4.78, 5) is 0. The van der Waals surface area contributed by atoms with E-state index in [0.29, 0.717) is 6.04 Å². The molecule has 1 N–H and O–H groups in total. The van der Waals surface area contributed by atoms with Crippen LogP contribution >= 0.6 is 27.7 Å². The topological polar surface area (TPSA) is 12.0 Å². The number of unbranched alkanes of at least 4 members (excludes halogenated alkanes) is 1. The Morgan fingerprint density at radius 2 is 2.06 bits per heavy atom. The average Bonchev–Trinajstić information content (AvgIpc) is 2.29. The summed E-state index contributed by atoms with van der Waals surface area (Å²) in [6, 6.07) is 8.83. The molecule has 16 heavy (non-hydrogen) atoms. The van der Waals surface area contributed by atoms with Gasteiger partial charge in [0, 0.05) is 10.5 Å². The molecule has 1 nitrogen and oxygen atoms in total.